The van der Waals surface area contributed by atoms with Crippen LogP contribution in [-0.4, -0.2) is 11.5 Å². The van der Waals surface area contributed by atoms with E-state index in [2.05, 4.69) is 18.0 Å². The Bertz CT molecular complexity index is 555. The van der Waals surface area contributed by atoms with E-state index in [1.807, 2.05) is 24.3 Å². The average molecular weight is 247 g/mol. The highest BCUT2D eigenvalue weighted by atomic mass is 35.5. The summed E-state index contributed by atoms with van der Waals surface area (Å²) in [6.07, 6.45) is 4.84. The van der Waals surface area contributed by atoms with Gasteiger partial charge in [0.1, 0.15) is 0 Å². The zero-order valence-corrected chi connectivity index (χ0v) is 10.5. The SMILES string of the molecule is CC/C(=C/c1ccc(Cl)c2cccnc12)CN. The van der Waals surface area contributed by atoms with Crippen molar-refractivity contribution in [3.8, 4) is 0 Å². The largest absolute Gasteiger partial charge is 0.327 e. The summed E-state index contributed by atoms with van der Waals surface area (Å²) >= 11 is 6.15. The van der Waals surface area contributed by atoms with Gasteiger partial charge in [0.05, 0.1) is 10.5 Å². The molecule has 2 N–H and O–H groups in total. The Balaban J connectivity index is 2.63. The lowest BCUT2D eigenvalue weighted by Crippen LogP contribution is -2.01. The van der Waals surface area contributed by atoms with E-state index >= 15 is 0 Å². The molecule has 88 valence electrons. The monoisotopic (exact) mass is 246 g/mol. The second kappa shape index (κ2) is 5.30. The molecule has 17 heavy (non-hydrogen) atoms. The van der Waals surface area contributed by atoms with Crippen molar-refractivity contribution in [2.45, 2.75) is 13.3 Å². The number of pyridine rings is 1. The number of hydrogen-bond acceptors (Lipinski definition) is 2. The van der Waals surface area contributed by atoms with E-state index in [0.717, 1.165) is 27.9 Å². The van der Waals surface area contributed by atoms with E-state index in [9.17, 15) is 0 Å². The Hall–Kier alpha value is -1.38. The quantitative estimate of drug-likeness (QED) is 0.898. The van der Waals surface area contributed by atoms with Crippen LogP contribution in [0, 0.1) is 0 Å². The lowest BCUT2D eigenvalue weighted by molar-refractivity contribution is 1.02. The Morgan fingerprint density at radius 2 is 2.24 bits per heavy atom. The van der Waals surface area contributed by atoms with Gasteiger partial charge >= 0.3 is 0 Å². The molecule has 2 nitrogen and oxygen atoms in total. The van der Waals surface area contributed by atoms with Crippen molar-refractivity contribution in [1.29, 1.82) is 0 Å². The van der Waals surface area contributed by atoms with Crippen LogP contribution in [0.25, 0.3) is 17.0 Å². The van der Waals surface area contributed by atoms with Crippen LogP contribution in [0.3, 0.4) is 0 Å². The maximum atomic E-state index is 6.15. The highest BCUT2D eigenvalue weighted by molar-refractivity contribution is 6.35. The highest BCUT2D eigenvalue weighted by Crippen LogP contribution is 2.26. The summed E-state index contributed by atoms with van der Waals surface area (Å²) in [5.74, 6) is 0. The molecule has 0 fully saturated rings. The molecule has 0 aliphatic heterocycles. The van der Waals surface area contributed by atoms with Crippen LogP contribution < -0.4 is 5.73 Å². The van der Waals surface area contributed by atoms with Gasteiger partial charge in [0.2, 0.25) is 0 Å². The predicted octanol–water partition coefficient (Wildman–Crippen LogP) is 3.64. The molecule has 3 heteroatoms. The molecule has 0 saturated carbocycles. The van der Waals surface area contributed by atoms with E-state index in [0.29, 0.717) is 6.54 Å². The Morgan fingerprint density at radius 3 is 2.94 bits per heavy atom. The number of hydrogen-bond donors (Lipinski definition) is 1. The smallest absolute Gasteiger partial charge is 0.0789 e. The second-order valence-electron chi connectivity index (χ2n) is 3.90. The Kier molecular flexibility index (Phi) is 3.77. The third-order valence-corrected chi connectivity index (χ3v) is 3.15. The van der Waals surface area contributed by atoms with Crippen molar-refractivity contribution < 1.29 is 0 Å². The molecule has 0 radical (unpaired) electrons. The zero-order chi connectivity index (χ0) is 12.3. The lowest BCUT2D eigenvalue weighted by atomic mass is 10.1. The maximum absolute atomic E-state index is 6.15. The number of rotatable bonds is 3. The van der Waals surface area contributed by atoms with Crippen LogP contribution in [0.15, 0.2) is 36.0 Å². The van der Waals surface area contributed by atoms with Gasteiger partial charge in [0.25, 0.3) is 0 Å². The fourth-order valence-electron chi connectivity index (χ4n) is 1.80. The first-order valence-electron chi connectivity index (χ1n) is 5.69. The van der Waals surface area contributed by atoms with Crippen LogP contribution in [0.2, 0.25) is 5.02 Å². The molecule has 1 aromatic heterocycles. The van der Waals surface area contributed by atoms with Crippen LogP contribution in [0.4, 0.5) is 0 Å². The molecule has 2 aromatic rings. The van der Waals surface area contributed by atoms with E-state index in [1.54, 1.807) is 6.20 Å². The van der Waals surface area contributed by atoms with E-state index in [1.165, 1.54) is 5.57 Å². The molecule has 0 spiro atoms. The van der Waals surface area contributed by atoms with Gasteiger partial charge in [0, 0.05) is 23.7 Å². The number of aromatic nitrogens is 1. The van der Waals surface area contributed by atoms with Crippen LogP contribution in [0.1, 0.15) is 18.9 Å². The molecule has 0 saturated heterocycles. The van der Waals surface area contributed by atoms with E-state index in [4.69, 9.17) is 17.3 Å². The summed E-state index contributed by atoms with van der Waals surface area (Å²) < 4.78 is 0. The predicted molar refractivity (Wildman–Crippen MR) is 74.1 cm³/mol. The number of benzene rings is 1. The Morgan fingerprint density at radius 1 is 1.41 bits per heavy atom. The van der Waals surface area contributed by atoms with Crippen LogP contribution in [-0.2, 0) is 0 Å². The van der Waals surface area contributed by atoms with Crippen molar-refractivity contribution in [2.75, 3.05) is 6.54 Å². The van der Waals surface area contributed by atoms with Gasteiger partial charge in [0.15, 0.2) is 0 Å². The minimum Gasteiger partial charge on any atom is -0.327 e. The Labute approximate surface area is 106 Å². The van der Waals surface area contributed by atoms with Crippen molar-refractivity contribution in [2.24, 2.45) is 5.73 Å². The number of nitrogens with zero attached hydrogens (tertiary/aromatic N) is 1. The molecular weight excluding hydrogens is 232 g/mol. The lowest BCUT2D eigenvalue weighted by Gasteiger charge is -2.05. The van der Waals surface area contributed by atoms with Gasteiger partial charge < -0.3 is 5.73 Å². The van der Waals surface area contributed by atoms with E-state index in [-0.39, 0.29) is 0 Å². The summed E-state index contributed by atoms with van der Waals surface area (Å²) in [5, 5.41) is 1.71. The summed E-state index contributed by atoms with van der Waals surface area (Å²) in [5.41, 5.74) is 8.90. The fourth-order valence-corrected chi connectivity index (χ4v) is 2.02. The summed E-state index contributed by atoms with van der Waals surface area (Å²) in [6.45, 7) is 2.68. The van der Waals surface area contributed by atoms with Crippen molar-refractivity contribution in [3.05, 3.63) is 46.6 Å². The molecule has 0 atom stereocenters. The molecule has 0 unspecified atom stereocenters. The van der Waals surface area contributed by atoms with Gasteiger partial charge in [-0.2, -0.15) is 0 Å². The van der Waals surface area contributed by atoms with Crippen LogP contribution >= 0.6 is 11.6 Å². The first-order valence-corrected chi connectivity index (χ1v) is 6.06. The van der Waals surface area contributed by atoms with Crippen molar-refractivity contribution in [1.82, 2.24) is 4.98 Å². The third kappa shape index (κ3) is 2.48. The van der Waals surface area contributed by atoms with Crippen molar-refractivity contribution in [3.63, 3.8) is 0 Å². The first kappa shape index (κ1) is 12.1. The fraction of sp³-hybridized carbons (Fsp3) is 0.214. The zero-order valence-electron chi connectivity index (χ0n) is 9.78. The minimum absolute atomic E-state index is 0.577. The molecule has 1 aromatic carbocycles. The third-order valence-electron chi connectivity index (χ3n) is 2.82. The molecule has 0 bridgehead atoms. The molecule has 0 aliphatic carbocycles. The molecule has 2 rings (SSSR count). The standard InChI is InChI=1S/C14H15ClN2/c1-2-10(9-16)8-11-5-6-13(15)12-4-3-7-17-14(11)12/h3-8H,2,9,16H2,1H3/b10-8-. The molecule has 0 aliphatic rings. The topological polar surface area (TPSA) is 38.9 Å². The molecule has 0 amide bonds. The second-order valence-corrected chi connectivity index (χ2v) is 4.30. The number of fused-ring (bicyclic) bond motifs is 1. The number of nitrogens with two attached hydrogens (primary N) is 1. The van der Waals surface area contributed by atoms with Gasteiger partial charge in [-0.05, 0) is 24.6 Å². The first-order chi connectivity index (χ1) is 8.26. The maximum Gasteiger partial charge on any atom is 0.0789 e. The van der Waals surface area contributed by atoms with E-state index < -0.39 is 0 Å². The van der Waals surface area contributed by atoms with Gasteiger partial charge in [-0.3, -0.25) is 4.98 Å². The average Bonchev–Trinajstić information content (AvgIpc) is 2.38. The number of halogens is 1. The summed E-state index contributed by atoms with van der Waals surface area (Å²) in [4.78, 5) is 4.39. The summed E-state index contributed by atoms with van der Waals surface area (Å²) in [6, 6.07) is 7.77. The van der Waals surface area contributed by atoms with Gasteiger partial charge in [-0.15, -0.1) is 0 Å². The highest BCUT2D eigenvalue weighted by Gasteiger charge is 2.04. The van der Waals surface area contributed by atoms with Gasteiger partial charge in [-0.1, -0.05) is 36.2 Å². The molecule has 1 heterocycles. The molecular formula is C14H15ClN2. The normalized spacial score (nSPS) is 12.1. The van der Waals surface area contributed by atoms with Gasteiger partial charge in [-0.25, -0.2) is 0 Å². The summed E-state index contributed by atoms with van der Waals surface area (Å²) in [7, 11) is 0. The van der Waals surface area contributed by atoms with Crippen molar-refractivity contribution >= 4 is 28.6 Å². The van der Waals surface area contributed by atoms with Crippen LogP contribution in [0.5, 0.6) is 0 Å². The minimum atomic E-state index is 0.577.